The lowest BCUT2D eigenvalue weighted by Gasteiger charge is -2.46. The topological polar surface area (TPSA) is 74.9 Å². The second kappa shape index (κ2) is 6.79. The number of rotatable bonds is 3. The molecule has 1 fully saturated rings. The Hall–Kier alpha value is -3.48. The first-order chi connectivity index (χ1) is 14.5. The number of para-hydroxylation sites is 1. The number of benzene rings is 2. The van der Waals surface area contributed by atoms with Gasteiger partial charge in [-0.25, -0.2) is 0 Å². The van der Waals surface area contributed by atoms with E-state index in [4.69, 9.17) is 9.47 Å². The van der Waals surface area contributed by atoms with Crippen LogP contribution in [0.5, 0.6) is 11.5 Å². The zero-order valence-electron chi connectivity index (χ0n) is 17.1. The SMILES string of the molecule is COc1ccc([C@@H]2c3[nH]c4ccccc4c3C[C@H]3C(=O)N(C)CC(=O)N23)cc1OC. The minimum absolute atomic E-state index is 0.0315. The molecule has 1 saturated heterocycles. The minimum atomic E-state index is -0.527. The number of nitrogens with zero attached hydrogens (tertiary/aromatic N) is 2. The first-order valence-corrected chi connectivity index (χ1v) is 9.91. The van der Waals surface area contributed by atoms with E-state index in [9.17, 15) is 9.59 Å². The molecule has 1 aromatic heterocycles. The summed E-state index contributed by atoms with van der Waals surface area (Å²) < 4.78 is 10.9. The van der Waals surface area contributed by atoms with Crippen LogP contribution in [0.2, 0.25) is 0 Å². The largest absolute Gasteiger partial charge is 0.493 e. The molecule has 3 heterocycles. The van der Waals surface area contributed by atoms with E-state index in [0.29, 0.717) is 17.9 Å². The molecule has 2 aliphatic heterocycles. The molecule has 0 radical (unpaired) electrons. The number of nitrogens with one attached hydrogen (secondary N) is 1. The van der Waals surface area contributed by atoms with Crippen molar-refractivity contribution in [2.75, 3.05) is 27.8 Å². The number of carbonyl (C=O) groups is 2. The summed E-state index contributed by atoms with van der Waals surface area (Å²) in [6.07, 6.45) is 0.498. The molecule has 7 heteroatoms. The number of aromatic nitrogens is 1. The van der Waals surface area contributed by atoms with Gasteiger partial charge in [-0.15, -0.1) is 0 Å². The summed E-state index contributed by atoms with van der Waals surface area (Å²) >= 11 is 0. The molecule has 5 rings (SSSR count). The van der Waals surface area contributed by atoms with Crippen molar-refractivity contribution in [1.29, 1.82) is 0 Å². The number of H-pyrrole nitrogens is 1. The summed E-state index contributed by atoms with van der Waals surface area (Å²) in [6, 6.07) is 12.8. The lowest BCUT2D eigenvalue weighted by molar-refractivity contribution is -0.157. The van der Waals surface area contributed by atoms with Crippen LogP contribution in [0.25, 0.3) is 10.9 Å². The average Bonchev–Trinajstić information content (AvgIpc) is 3.14. The van der Waals surface area contributed by atoms with Gasteiger partial charge in [0.25, 0.3) is 0 Å². The second-order valence-electron chi connectivity index (χ2n) is 7.80. The number of fused-ring (bicyclic) bond motifs is 4. The normalized spacial score (nSPS) is 20.9. The third kappa shape index (κ3) is 2.58. The van der Waals surface area contributed by atoms with Crippen LogP contribution in [0.3, 0.4) is 0 Å². The molecule has 0 saturated carbocycles. The zero-order valence-corrected chi connectivity index (χ0v) is 17.1. The Morgan fingerprint density at radius 2 is 1.80 bits per heavy atom. The Morgan fingerprint density at radius 3 is 2.57 bits per heavy atom. The number of hydrogen-bond donors (Lipinski definition) is 1. The van der Waals surface area contributed by atoms with Crippen molar-refractivity contribution in [3.63, 3.8) is 0 Å². The van der Waals surface area contributed by atoms with E-state index in [1.54, 1.807) is 26.2 Å². The van der Waals surface area contributed by atoms with Crippen LogP contribution in [0.15, 0.2) is 42.5 Å². The molecule has 7 nitrogen and oxygen atoms in total. The zero-order chi connectivity index (χ0) is 21.0. The lowest BCUT2D eigenvalue weighted by atomic mass is 9.86. The summed E-state index contributed by atoms with van der Waals surface area (Å²) in [4.78, 5) is 33.0. The molecule has 2 aliphatic rings. The predicted molar refractivity (Wildman–Crippen MR) is 112 cm³/mol. The first kappa shape index (κ1) is 18.5. The summed E-state index contributed by atoms with van der Waals surface area (Å²) in [6.45, 7) is 0.0781. The van der Waals surface area contributed by atoms with E-state index < -0.39 is 12.1 Å². The molecule has 2 atom stereocenters. The lowest BCUT2D eigenvalue weighted by Crippen LogP contribution is -2.62. The smallest absolute Gasteiger partial charge is 0.245 e. The molecule has 3 aromatic rings. The number of carbonyl (C=O) groups excluding carboxylic acids is 2. The molecule has 154 valence electrons. The van der Waals surface area contributed by atoms with E-state index in [1.807, 2.05) is 36.4 Å². The fourth-order valence-electron chi connectivity index (χ4n) is 4.78. The highest BCUT2D eigenvalue weighted by molar-refractivity contribution is 5.97. The average molecular weight is 405 g/mol. The van der Waals surface area contributed by atoms with Crippen molar-refractivity contribution in [1.82, 2.24) is 14.8 Å². The molecule has 0 spiro atoms. The highest BCUT2D eigenvalue weighted by Gasteiger charge is 2.47. The monoisotopic (exact) mass is 405 g/mol. The van der Waals surface area contributed by atoms with Gasteiger partial charge >= 0.3 is 0 Å². The maximum atomic E-state index is 13.1. The maximum absolute atomic E-state index is 13.1. The van der Waals surface area contributed by atoms with Crippen molar-refractivity contribution in [3.8, 4) is 11.5 Å². The van der Waals surface area contributed by atoms with Gasteiger partial charge in [0.05, 0.1) is 26.8 Å². The van der Waals surface area contributed by atoms with Gasteiger partial charge in [-0.1, -0.05) is 24.3 Å². The van der Waals surface area contributed by atoms with E-state index >= 15 is 0 Å². The molecule has 2 aromatic carbocycles. The fraction of sp³-hybridized carbons (Fsp3) is 0.304. The third-order valence-electron chi connectivity index (χ3n) is 6.18. The molecule has 0 bridgehead atoms. The number of amides is 2. The molecule has 0 unspecified atom stereocenters. The Bertz CT molecular complexity index is 1170. The van der Waals surface area contributed by atoms with Crippen molar-refractivity contribution >= 4 is 22.7 Å². The van der Waals surface area contributed by atoms with Crippen molar-refractivity contribution in [2.45, 2.75) is 18.5 Å². The Kier molecular flexibility index (Phi) is 4.20. The first-order valence-electron chi connectivity index (χ1n) is 9.91. The van der Waals surface area contributed by atoms with E-state index in [1.165, 1.54) is 4.90 Å². The number of aromatic amines is 1. The molecule has 1 N–H and O–H groups in total. The number of hydrogen-bond acceptors (Lipinski definition) is 4. The van der Waals surface area contributed by atoms with Gasteiger partial charge in [0.15, 0.2) is 11.5 Å². The summed E-state index contributed by atoms with van der Waals surface area (Å²) in [5, 5.41) is 1.09. The summed E-state index contributed by atoms with van der Waals surface area (Å²) in [5.41, 5.74) is 3.91. The van der Waals surface area contributed by atoms with Gasteiger partial charge < -0.3 is 24.3 Å². The van der Waals surface area contributed by atoms with Crippen LogP contribution in [-0.4, -0.2) is 60.5 Å². The number of likely N-dealkylation sites (N-methyl/N-ethyl adjacent to an activating group) is 1. The third-order valence-corrected chi connectivity index (χ3v) is 6.18. The van der Waals surface area contributed by atoms with Crippen LogP contribution in [0.1, 0.15) is 22.9 Å². The second-order valence-corrected chi connectivity index (χ2v) is 7.80. The highest BCUT2D eigenvalue weighted by atomic mass is 16.5. The van der Waals surface area contributed by atoms with Crippen molar-refractivity contribution in [2.24, 2.45) is 0 Å². The van der Waals surface area contributed by atoms with E-state index in [2.05, 4.69) is 11.1 Å². The highest BCUT2D eigenvalue weighted by Crippen LogP contribution is 2.44. The van der Waals surface area contributed by atoms with E-state index in [0.717, 1.165) is 27.7 Å². The fourth-order valence-corrected chi connectivity index (χ4v) is 4.78. The molecular weight excluding hydrogens is 382 g/mol. The Labute approximate surface area is 174 Å². The molecule has 30 heavy (non-hydrogen) atoms. The number of piperazine rings is 1. The van der Waals surface area contributed by atoms with Gasteiger partial charge in [0.1, 0.15) is 6.04 Å². The summed E-state index contributed by atoms with van der Waals surface area (Å²) in [5.74, 6) is 1.11. The molecule has 2 amide bonds. The van der Waals surface area contributed by atoms with Crippen LogP contribution in [0, 0.1) is 0 Å². The van der Waals surface area contributed by atoms with Crippen LogP contribution >= 0.6 is 0 Å². The van der Waals surface area contributed by atoms with Gasteiger partial charge in [-0.05, 0) is 29.3 Å². The Morgan fingerprint density at radius 1 is 1.03 bits per heavy atom. The van der Waals surface area contributed by atoms with E-state index in [-0.39, 0.29) is 18.4 Å². The Balaban J connectivity index is 1.75. The standard InChI is InChI=1S/C23H23N3O4/c1-25-12-20(27)26-17(23(25)28)11-15-14-6-4-5-7-16(14)24-21(15)22(26)13-8-9-18(29-2)19(10-13)30-3/h4-10,17,22,24H,11-12H2,1-3H3/t17-,22+/m0/s1. The van der Waals surface area contributed by atoms with Crippen LogP contribution < -0.4 is 9.47 Å². The predicted octanol–water partition coefficient (Wildman–Crippen LogP) is 2.50. The van der Waals surface area contributed by atoms with Gasteiger partial charge in [-0.2, -0.15) is 0 Å². The quantitative estimate of drug-likeness (QED) is 0.727. The maximum Gasteiger partial charge on any atom is 0.245 e. The van der Waals surface area contributed by atoms with Gasteiger partial charge in [0.2, 0.25) is 11.8 Å². The molecular formula is C23H23N3O4. The van der Waals surface area contributed by atoms with Crippen LogP contribution in [0.4, 0.5) is 0 Å². The van der Waals surface area contributed by atoms with Crippen molar-refractivity contribution in [3.05, 3.63) is 59.3 Å². The van der Waals surface area contributed by atoms with Gasteiger partial charge in [0, 0.05) is 30.1 Å². The molecule has 0 aliphatic carbocycles. The number of ether oxygens (including phenoxy) is 2. The van der Waals surface area contributed by atoms with Crippen LogP contribution in [-0.2, 0) is 16.0 Å². The van der Waals surface area contributed by atoms with Crippen molar-refractivity contribution < 1.29 is 19.1 Å². The number of methoxy groups -OCH3 is 2. The summed E-state index contributed by atoms with van der Waals surface area (Å²) in [7, 11) is 4.87. The minimum Gasteiger partial charge on any atom is -0.493 e. The van der Waals surface area contributed by atoms with Gasteiger partial charge in [-0.3, -0.25) is 9.59 Å².